The lowest BCUT2D eigenvalue weighted by atomic mass is 10.3. The molecule has 1 amide bonds. The number of thioether (sulfide) groups is 1. The standard InChI is InChI=1S/C14H14ClNO2S/c1-10(19-9-13-6-3-7-18-13)14(17)16-12-5-2-4-11(15)8-12/h2-8,10H,9H2,1H3,(H,16,17). The molecule has 2 rings (SSSR count). The molecule has 19 heavy (non-hydrogen) atoms. The van der Waals surface area contributed by atoms with Crippen molar-refractivity contribution in [2.45, 2.75) is 17.9 Å². The van der Waals surface area contributed by atoms with Gasteiger partial charge in [-0.1, -0.05) is 17.7 Å². The van der Waals surface area contributed by atoms with Gasteiger partial charge in [0.15, 0.2) is 0 Å². The summed E-state index contributed by atoms with van der Waals surface area (Å²) in [5.74, 6) is 1.50. The normalized spacial score (nSPS) is 12.1. The number of hydrogen-bond acceptors (Lipinski definition) is 3. The van der Waals surface area contributed by atoms with Gasteiger partial charge < -0.3 is 9.73 Å². The third-order valence-electron chi connectivity index (χ3n) is 2.52. The van der Waals surface area contributed by atoms with Gasteiger partial charge in [0.25, 0.3) is 0 Å². The molecular weight excluding hydrogens is 282 g/mol. The molecule has 0 radical (unpaired) electrons. The molecule has 0 saturated carbocycles. The lowest BCUT2D eigenvalue weighted by molar-refractivity contribution is -0.115. The van der Waals surface area contributed by atoms with E-state index < -0.39 is 0 Å². The van der Waals surface area contributed by atoms with Crippen LogP contribution in [0.1, 0.15) is 12.7 Å². The molecule has 0 saturated heterocycles. The zero-order valence-corrected chi connectivity index (χ0v) is 12.0. The second-order valence-electron chi connectivity index (χ2n) is 4.03. The molecule has 1 heterocycles. The Hall–Kier alpha value is -1.39. The van der Waals surface area contributed by atoms with Gasteiger partial charge in [-0.15, -0.1) is 11.8 Å². The Morgan fingerprint density at radius 2 is 2.26 bits per heavy atom. The van der Waals surface area contributed by atoms with E-state index in [1.165, 1.54) is 11.8 Å². The highest BCUT2D eigenvalue weighted by atomic mass is 35.5. The average Bonchev–Trinajstić information content (AvgIpc) is 2.89. The number of halogens is 1. The van der Waals surface area contributed by atoms with Crippen molar-refractivity contribution in [2.24, 2.45) is 0 Å². The molecule has 100 valence electrons. The van der Waals surface area contributed by atoms with Crippen molar-refractivity contribution in [3.63, 3.8) is 0 Å². The molecule has 3 nitrogen and oxygen atoms in total. The van der Waals surface area contributed by atoms with Gasteiger partial charge in [0.1, 0.15) is 5.76 Å². The van der Waals surface area contributed by atoms with E-state index in [9.17, 15) is 4.79 Å². The third-order valence-corrected chi connectivity index (χ3v) is 3.92. The Morgan fingerprint density at radius 1 is 1.42 bits per heavy atom. The summed E-state index contributed by atoms with van der Waals surface area (Å²) in [7, 11) is 0. The summed E-state index contributed by atoms with van der Waals surface area (Å²) in [6.07, 6.45) is 1.63. The summed E-state index contributed by atoms with van der Waals surface area (Å²) in [4.78, 5) is 12.0. The monoisotopic (exact) mass is 295 g/mol. The number of rotatable bonds is 5. The second-order valence-corrected chi connectivity index (χ2v) is 5.80. The van der Waals surface area contributed by atoms with E-state index >= 15 is 0 Å². The Morgan fingerprint density at radius 3 is 2.95 bits per heavy atom. The third kappa shape index (κ3) is 4.33. The molecule has 0 fully saturated rings. The highest BCUT2D eigenvalue weighted by Gasteiger charge is 2.14. The van der Waals surface area contributed by atoms with Crippen LogP contribution in [0.5, 0.6) is 0 Å². The predicted molar refractivity (Wildman–Crippen MR) is 79.5 cm³/mol. The lowest BCUT2D eigenvalue weighted by Gasteiger charge is -2.11. The van der Waals surface area contributed by atoms with Crippen LogP contribution in [0.3, 0.4) is 0 Å². The summed E-state index contributed by atoms with van der Waals surface area (Å²) in [5.41, 5.74) is 0.711. The second kappa shape index (κ2) is 6.68. The maximum atomic E-state index is 12.0. The lowest BCUT2D eigenvalue weighted by Crippen LogP contribution is -2.22. The van der Waals surface area contributed by atoms with E-state index in [-0.39, 0.29) is 11.2 Å². The molecule has 1 unspecified atom stereocenters. The first-order valence-corrected chi connectivity index (χ1v) is 7.28. The van der Waals surface area contributed by atoms with Crippen LogP contribution in [0, 0.1) is 0 Å². The fourth-order valence-corrected chi connectivity index (χ4v) is 2.47. The molecule has 1 aromatic heterocycles. The molecular formula is C14H14ClNO2S. The first-order valence-electron chi connectivity index (χ1n) is 5.85. The van der Waals surface area contributed by atoms with Gasteiger partial charge in [-0.3, -0.25) is 4.79 Å². The molecule has 1 aromatic carbocycles. The smallest absolute Gasteiger partial charge is 0.237 e. The van der Waals surface area contributed by atoms with Gasteiger partial charge in [-0.2, -0.15) is 0 Å². The summed E-state index contributed by atoms with van der Waals surface area (Å²) in [6.45, 7) is 1.87. The fraction of sp³-hybridized carbons (Fsp3) is 0.214. The molecule has 1 N–H and O–H groups in total. The van der Waals surface area contributed by atoms with Crippen molar-refractivity contribution in [1.82, 2.24) is 0 Å². The van der Waals surface area contributed by atoms with E-state index in [2.05, 4.69) is 5.32 Å². The topological polar surface area (TPSA) is 42.2 Å². The van der Waals surface area contributed by atoms with Crippen LogP contribution in [0.25, 0.3) is 0 Å². The first-order chi connectivity index (χ1) is 9.15. The average molecular weight is 296 g/mol. The maximum absolute atomic E-state index is 12.0. The summed E-state index contributed by atoms with van der Waals surface area (Å²) in [6, 6.07) is 10.9. The van der Waals surface area contributed by atoms with Crippen molar-refractivity contribution in [1.29, 1.82) is 0 Å². The van der Waals surface area contributed by atoms with Gasteiger partial charge in [0.05, 0.1) is 17.3 Å². The number of nitrogens with one attached hydrogen (secondary N) is 1. The van der Waals surface area contributed by atoms with Crippen LogP contribution in [0.15, 0.2) is 47.1 Å². The number of amides is 1. The number of hydrogen-bond donors (Lipinski definition) is 1. The molecule has 5 heteroatoms. The number of benzene rings is 1. The van der Waals surface area contributed by atoms with Crippen LogP contribution in [0.2, 0.25) is 5.02 Å². The van der Waals surface area contributed by atoms with Gasteiger partial charge >= 0.3 is 0 Å². The van der Waals surface area contributed by atoms with E-state index in [1.54, 1.807) is 24.5 Å². The number of furan rings is 1. The summed E-state index contributed by atoms with van der Waals surface area (Å²) < 4.78 is 5.23. The van der Waals surface area contributed by atoms with Crippen LogP contribution in [0.4, 0.5) is 5.69 Å². The van der Waals surface area contributed by atoms with Crippen molar-refractivity contribution < 1.29 is 9.21 Å². The van der Waals surface area contributed by atoms with E-state index in [0.29, 0.717) is 16.5 Å². The minimum atomic E-state index is -0.163. The van der Waals surface area contributed by atoms with Crippen LogP contribution in [-0.4, -0.2) is 11.2 Å². The molecule has 0 bridgehead atoms. The van der Waals surface area contributed by atoms with Crippen molar-refractivity contribution in [3.8, 4) is 0 Å². The Labute approximate surface area is 121 Å². The van der Waals surface area contributed by atoms with Gasteiger partial charge in [-0.25, -0.2) is 0 Å². The van der Waals surface area contributed by atoms with E-state index in [1.807, 2.05) is 25.1 Å². The number of carbonyl (C=O) groups excluding carboxylic acids is 1. The van der Waals surface area contributed by atoms with Gasteiger partial charge in [-0.05, 0) is 37.3 Å². The SMILES string of the molecule is CC(SCc1ccco1)C(=O)Nc1cccc(Cl)c1. The van der Waals surface area contributed by atoms with Crippen LogP contribution in [-0.2, 0) is 10.5 Å². The zero-order chi connectivity index (χ0) is 13.7. The van der Waals surface area contributed by atoms with E-state index in [0.717, 1.165) is 5.76 Å². The van der Waals surface area contributed by atoms with Crippen molar-refractivity contribution >= 4 is 35.0 Å². The van der Waals surface area contributed by atoms with Crippen molar-refractivity contribution in [3.05, 3.63) is 53.4 Å². The highest BCUT2D eigenvalue weighted by molar-refractivity contribution is 7.99. The molecule has 0 aliphatic carbocycles. The quantitative estimate of drug-likeness (QED) is 0.899. The molecule has 0 aliphatic heterocycles. The Bertz CT molecular complexity index is 542. The van der Waals surface area contributed by atoms with Gasteiger partial charge in [0, 0.05) is 10.7 Å². The van der Waals surface area contributed by atoms with Crippen LogP contribution < -0.4 is 5.32 Å². The fourth-order valence-electron chi connectivity index (χ4n) is 1.49. The minimum absolute atomic E-state index is 0.0428. The Kier molecular flexibility index (Phi) is 4.93. The highest BCUT2D eigenvalue weighted by Crippen LogP contribution is 2.20. The molecule has 1 atom stereocenters. The first kappa shape index (κ1) is 14.0. The summed E-state index contributed by atoms with van der Waals surface area (Å²) in [5, 5.41) is 3.28. The number of carbonyl (C=O) groups is 1. The van der Waals surface area contributed by atoms with Crippen LogP contribution >= 0.6 is 23.4 Å². The maximum Gasteiger partial charge on any atom is 0.237 e. The summed E-state index contributed by atoms with van der Waals surface area (Å²) >= 11 is 7.39. The zero-order valence-electron chi connectivity index (χ0n) is 10.4. The minimum Gasteiger partial charge on any atom is -0.468 e. The van der Waals surface area contributed by atoms with Crippen molar-refractivity contribution in [2.75, 3.05) is 5.32 Å². The molecule has 0 aliphatic rings. The predicted octanol–water partition coefficient (Wildman–Crippen LogP) is 4.19. The largest absolute Gasteiger partial charge is 0.468 e. The van der Waals surface area contributed by atoms with Gasteiger partial charge in [0.2, 0.25) is 5.91 Å². The van der Waals surface area contributed by atoms with E-state index in [4.69, 9.17) is 16.0 Å². The number of anilines is 1. The Balaban J connectivity index is 1.85. The molecule has 2 aromatic rings. The molecule has 0 spiro atoms.